The third-order valence-electron chi connectivity index (χ3n) is 8.43. The molecule has 0 radical (unpaired) electrons. The Morgan fingerprint density at radius 1 is 0.932 bits per heavy atom. The number of carbonyl (C=O) groups is 1. The van der Waals surface area contributed by atoms with Gasteiger partial charge in [0.15, 0.2) is 11.5 Å². The van der Waals surface area contributed by atoms with Gasteiger partial charge in [0.05, 0.1) is 0 Å². The fourth-order valence-electron chi connectivity index (χ4n) is 5.98. The first-order valence-corrected chi connectivity index (χ1v) is 15.2. The number of ether oxygens (including phenoxy) is 4. The Hall–Kier alpha value is -4.56. The van der Waals surface area contributed by atoms with Gasteiger partial charge in [-0.05, 0) is 85.3 Å². The van der Waals surface area contributed by atoms with Gasteiger partial charge in [0.2, 0.25) is 0 Å². The number of benzene rings is 3. The summed E-state index contributed by atoms with van der Waals surface area (Å²) in [4.78, 5) is 18.2. The van der Waals surface area contributed by atoms with Crippen LogP contribution in [-0.4, -0.2) is 46.8 Å². The van der Waals surface area contributed by atoms with Crippen LogP contribution in [0.15, 0.2) is 73.1 Å². The molecule has 0 amide bonds. The van der Waals surface area contributed by atoms with Crippen LogP contribution < -0.4 is 18.9 Å². The van der Waals surface area contributed by atoms with E-state index < -0.39 is 12.0 Å². The van der Waals surface area contributed by atoms with E-state index in [0.29, 0.717) is 45.1 Å². The molecule has 2 aliphatic rings. The van der Waals surface area contributed by atoms with Gasteiger partial charge in [-0.2, -0.15) is 0 Å². The molecule has 0 spiro atoms. The number of carboxylic acids is 1. The van der Waals surface area contributed by atoms with E-state index in [9.17, 15) is 9.90 Å². The second-order valence-electron chi connectivity index (χ2n) is 11.4. The van der Waals surface area contributed by atoms with Crippen LogP contribution in [0.3, 0.4) is 0 Å². The molecule has 1 atom stereocenters. The summed E-state index contributed by atoms with van der Waals surface area (Å²) in [6.07, 6.45) is 6.10. The van der Waals surface area contributed by atoms with Crippen molar-refractivity contribution in [2.75, 3.05) is 19.8 Å². The van der Waals surface area contributed by atoms with Gasteiger partial charge in [0.1, 0.15) is 44.0 Å². The Morgan fingerprint density at radius 3 is 2.59 bits per heavy atom. The summed E-state index contributed by atoms with van der Waals surface area (Å²) in [6, 6.07) is 19.7. The van der Waals surface area contributed by atoms with Crippen LogP contribution in [0.2, 0.25) is 0 Å². The minimum Gasteiger partial charge on any atom is -0.488 e. The second kappa shape index (κ2) is 13.4. The molecule has 3 heterocycles. The molecule has 3 aromatic carbocycles. The fraction of sp³-hybridized carbons (Fsp3) is 0.333. The van der Waals surface area contributed by atoms with Crippen molar-refractivity contribution in [1.82, 2.24) is 9.88 Å². The maximum atomic E-state index is 12.0. The molecule has 0 bridgehead atoms. The maximum absolute atomic E-state index is 12.0. The highest BCUT2D eigenvalue weighted by molar-refractivity contribution is 5.73. The number of pyridine rings is 1. The third kappa shape index (κ3) is 6.65. The number of aromatic nitrogens is 1. The normalized spacial score (nSPS) is 16.4. The molecule has 4 aromatic rings. The summed E-state index contributed by atoms with van der Waals surface area (Å²) < 4.78 is 24.3. The Labute approximate surface area is 258 Å². The highest BCUT2D eigenvalue weighted by Crippen LogP contribution is 2.37. The van der Waals surface area contributed by atoms with E-state index in [4.69, 9.17) is 18.9 Å². The summed E-state index contributed by atoms with van der Waals surface area (Å²) in [5, 5.41) is 9.84. The zero-order valence-corrected chi connectivity index (χ0v) is 25.3. The standard InChI is InChI=1S/C36H38N2O6/c1-24-17-29(21-38-14-4-3-10-31(38)36(39)40)34(43-22-26-7-6-13-37-20-26)19-33(24)44-23-28-8-5-9-30(25(28)2)27-11-12-32-35(18-27)42-16-15-41-32/h5-9,11-13,17-20,31H,3-4,10,14-16,21-23H2,1-2H3,(H,39,40). The lowest BCUT2D eigenvalue weighted by atomic mass is 9.96. The van der Waals surface area contributed by atoms with Crippen LogP contribution in [0.4, 0.5) is 0 Å². The highest BCUT2D eigenvalue weighted by Gasteiger charge is 2.29. The molecule has 6 rings (SSSR count). The first-order valence-electron chi connectivity index (χ1n) is 15.2. The summed E-state index contributed by atoms with van der Waals surface area (Å²) in [7, 11) is 0. The Kier molecular flexibility index (Phi) is 8.98. The summed E-state index contributed by atoms with van der Waals surface area (Å²) >= 11 is 0. The number of aliphatic carboxylic acids is 1. The number of fused-ring (bicyclic) bond motifs is 1. The van der Waals surface area contributed by atoms with E-state index in [0.717, 1.165) is 75.6 Å². The number of piperidine rings is 1. The SMILES string of the molecule is Cc1cc(CN2CCCCC2C(=O)O)c(OCc2cccnc2)cc1OCc1cccc(-c2ccc3c(c2)OCCO3)c1C. The molecule has 1 aromatic heterocycles. The van der Waals surface area contributed by atoms with Crippen molar-refractivity contribution in [3.05, 3.63) is 101 Å². The van der Waals surface area contributed by atoms with Crippen molar-refractivity contribution >= 4 is 5.97 Å². The van der Waals surface area contributed by atoms with E-state index >= 15 is 0 Å². The summed E-state index contributed by atoms with van der Waals surface area (Å²) in [6.45, 7) is 7.23. The number of rotatable bonds is 10. The molecule has 2 aliphatic heterocycles. The largest absolute Gasteiger partial charge is 0.488 e. The van der Waals surface area contributed by atoms with Gasteiger partial charge in [0.25, 0.3) is 0 Å². The molecule has 44 heavy (non-hydrogen) atoms. The number of nitrogens with zero attached hydrogens (tertiary/aromatic N) is 2. The van der Waals surface area contributed by atoms with Gasteiger partial charge in [0, 0.05) is 36.1 Å². The van der Waals surface area contributed by atoms with Crippen molar-refractivity contribution in [1.29, 1.82) is 0 Å². The average molecular weight is 595 g/mol. The Bertz CT molecular complexity index is 1620. The quantitative estimate of drug-likeness (QED) is 0.216. The van der Waals surface area contributed by atoms with Crippen LogP contribution >= 0.6 is 0 Å². The number of hydrogen-bond donors (Lipinski definition) is 1. The lowest BCUT2D eigenvalue weighted by Crippen LogP contribution is -2.44. The minimum absolute atomic E-state index is 0.350. The van der Waals surface area contributed by atoms with Crippen molar-refractivity contribution in [3.8, 4) is 34.1 Å². The fourth-order valence-corrected chi connectivity index (χ4v) is 5.98. The zero-order chi connectivity index (χ0) is 30.5. The Morgan fingerprint density at radius 2 is 1.77 bits per heavy atom. The van der Waals surface area contributed by atoms with E-state index in [2.05, 4.69) is 36.2 Å². The van der Waals surface area contributed by atoms with Crippen molar-refractivity contribution < 1.29 is 28.8 Å². The van der Waals surface area contributed by atoms with Gasteiger partial charge in [-0.1, -0.05) is 36.8 Å². The topological polar surface area (TPSA) is 90.4 Å². The summed E-state index contributed by atoms with van der Waals surface area (Å²) in [5.41, 5.74) is 7.27. The van der Waals surface area contributed by atoms with Crippen molar-refractivity contribution in [3.63, 3.8) is 0 Å². The van der Waals surface area contributed by atoms with Crippen molar-refractivity contribution in [2.45, 2.75) is 58.9 Å². The lowest BCUT2D eigenvalue weighted by Gasteiger charge is -2.33. The van der Waals surface area contributed by atoms with E-state index in [1.165, 1.54) is 0 Å². The molecular formula is C36H38N2O6. The van der Waals surface area contributed by atoms with Gasteiger partial charge >= 0.3 is 5.97 Å². The van der Waals surface area contributed by atoms with Gasteiger partial charge in [-0.3, -0.25) is 14.7 Å². The molecule has 1 fully saturated rings. The van der Waals surface area contributed by atoms with Crippen LogP contribution in [0.25, 0.3) is 11.1 Å². The molecule has 8 nitrogen and oxygen atoms in total. The number of aryl methyl sites for hydroxylation is 1. The molecule has 0 aliphatic carbocycles. The van der Waals surface area contributed by atoms with E-state index in [1.807, 2.05) is 48.2 Å². The molecule has 228 valence electrons. The number of hydrogen-bond acceptors (Lipinski definition) is 7. The summed E-state index contributed by atoms with van der Waals surface area (Å²) in [5.74, 6) is 2.19. The lowest BCUT2D eigenvalue weighted by molar-refractivity contribution is -0.144. The van der Waals surface area contributed by atoms with Gasteiger partial charge < -0.3 is 24.1 Å². The number of carboxylic acid groups (broad SMARTS) is 1. The molecule has 1 saturated heterocycles. The maximum Gasteiger partial charge on any atom is 0.320 e. The molecule has 1 unspecified atom stereocenters. The molecule has 1 N–H and O–H groups in total. The first-order chi connectivity index (χ1) is 21.5. The van der Waals surface area contributed by atoms with Crippen LogP contribution in [-0.2, 0) is 24.6 Å². The van der Waals surface area contributed by atoms with Crippen LogP contribution in [0.1, 0.15) is 47.1 Å². The van der Waals surface area contributed by atoms with Crippen molar-refractivity contribution in [2.24, 2.45) is 0 Å². The molecule has 8 heteroatoms. The third-order valence-corrected chi connectivity index (χ3v) is 8.43. The zero-order valence-electron chi connectivity index (χ0n) is 25.3. The molecular weight excluding hydrogens is 556 g/mol. The number of likely N-dealkylation sites (tertiary alicyclic amines) is 1. The van der Waals surface area contributed by atoms with Gasteiger partial charge in [-0.15, -0.1) is 0 Å². The van der Waals surface area contributed by atoms with Crippen LogP contribution in [0, 0.1) is 13.8 Å². The van der Waals surface area contributed by atoms with E-state index in [1.54, 1.807) is 12.4 Å². The Balaban J connectivity index is 1.24. The van der Waals surface area contributed by atoms with Crippen LogP contribution in [0.5, 0.6) is 23.0 Å². The monoisotopic (exact) mass is 594 g/mol. The molecule has 0 saturated carbocycles. The average Bonchev–Trinajstić information content (AvgIpc) is 3.05. The van der Waals surface area contributed by atoms with E-state index in [-0.39, 0.29) is 0 Å². The predicted molar refractivity (Wildman–Crippen MR) is 167 cm³/mol. The minimum atomic E-state index is -0.770. The highest BCUT2D eigenvalue weighted by atomic mass is 16.6. The first kappa shape index (κ1) is 29.5. The predicted octanol–water partition coefficient (Wildman–Crippen LogP) is 6.73. The smallest absolute Gasteiger partial charge is 0.320 e. The van der Waals surface area contributed by atoms with Gasteiger partial charge in [-0.25, -0.2) is 0 Å². The second-order valence-corrected chi connectivity index (χ2v) is 11.4.